The highest BCUT2D eigenvalue weighted by atomic mass is 16.5. The maximum atomic E-state index is 12.5. The fourth-order valence-electron chi connectivity index (χ4n) is 2.52. The highest BCUT2D eigenvalue weighted by Crippen LogP contribution is 2.34. The van der Waals surface area contributed by atoms with E-state index in [-0.39, 0.29) is 11.8 Å². The van der Waals surface area contributed by atoms with E-state index in [1.807, 2.05) is 30.3 Å². The van der Waals surface area contributed by atoms with Crippen LogP contribution in [0.15, 0.2) is 30.3 Å². The van der Waals surface area contributed by atoms with Gasteiger partial charge in [-0.1, -0.05) is 32.0 Å². The van der Waals surface area contributed by atoms with Crippen molar-refractivity contribution in [3.63, 3.8) is 0 Å². The van der Waals surface area contributed by atoms with E-state index in [2.05, 4.69) is 29.4 Å². The SMILES string of the molecule is CC(C)c1cc(NC(=O)C2CCOc3ccccc32)n[nH]1. The molecule has 3 rings (SSSR count). The number of hydrogen-bond donors (Lipinski definition) is 2. The molecule has 1 atom stereocenters. The molecule has 1 aliphatic rings. The predicted molar refractivity (Wildman–Crippen MR) is 80.6 cm³/mol. The molecule has 0 bridgehead atoms. The zero-order valence-corrected chi connectivity index (χ0v) is 12.2. The van der Waals surface area contributed by atoms with Gasteiger partial charge >= 0.3 is 0 Å². The number of amides is 1. The molecule has 0 fully saturated rings. The number of ether oxygens (including phenoxy) is 1. The highest BCUT2D eigenvalue weighted by molar-refractivity contribution is 5.95. The van der Waals surface area contributed by atoms with Gasteiger partial charge in [-0.25, -0.2) is 0 Å². The van der Waals surface area contributed by atoms with Crippen molar-refractivity contribution in [2.45, 2.75) is 32.1 Å². The first-order chi connectivity index (χ1) is 10.1. The molecular weight excluding hydrogens is 266 g/mol. The van der Waals surface area contributed by atoms with Crippen molar-refractivity contribution in [3.05, 3.63) is 41.6 Å². The molecule has 5 heteroatoms. The van der Waals surface area contributed by atoms with Crippen molar-refractivity contribution < 1.29 is 9.53 Å². The predicted octanol–water partition coefficient (Wildman–Crippen LogP) is 3.04. The number of hydrogen-bond acceptors (Lipinski definition) is 3. The Balaban J connectivity index is 1.77. The molecule has 1 unspecified atom stereocenters. The van der Waals surface area contributed by atoms with Gasteiger partial charge in [0.15, 0.2) is 5.82 Å². The summed E-state index contributed by atoms with van der Waals surface area (Å²) in [4.78, 5) is 12.5. The summed E-state index contributed by atoms with van der Waals surface area (Å²) < 4.78 is 5.59. The molecule has 1 amide bonds. The molecule has 1 aliphatic heterocycles. The molecule has 110 valence electrons. The number of carbonyl (C=O) groups is 1. The summed E-state index contributed by atoms with van der Waals surface area (Å²) in [6.07, 6.45) is 0.685. The van der Waals surface area contributed by atoms with Crippen molar-refractivity contribution in [2.24, 2.45) is 0 Å². The van der Waals surface area contributed by atoms with Crippen LogP contribution in [0.3, 0.4) is 0 Å². The second-order valence-corrected chi connectivity index (χ2v) is 5.58. The first kappa shape index (κ1) is 13.7. The number of nitrogens with zero attached hydrogens (tertiary/aromatic N) is 1. The second-order valence-electron chi connectivity index (χ2n) is 5.58. The number of H-pyrrole nitrogens is 1. The Morgan fingerprint density at radius 1 is 1.43 bits per heavy atom. The number of carbonyl (C=O) groups excluding carboxylic acids is 1. The zero-order valence-electron chi connectivity index (χ0n) is 12.2. The van der Waals surface area contributed by atoms with E-state index in [0.717, 1.165) is 17.0 Å². The van der Waals surface area contributed by atoms with Crippen molar-refractivity contribution >= 4 is 11.7 Å². The number of rotatable bonds is 3. The summed E-state index contributed by atoms with van der Waals surface area (Å²) in [6.45, 7) is 4.72. The number of aromatic nitrogens is 2. The average molecular weight is 285 g/mol. The normalized spacial score (nSPS) is 17.2. The Morgan fingerprint density at radius 2 is 2.24 bits per heavy atom. The van der Waals surface area contributed by atoms with Crippen LogP contribution in [0.1, 0.15) is 43.4 Å². The van der Waals surface area contributed by atoms with Gasteiger partial charge in [-0.3, -0.25) is 9.89 Å². The minimum absolute atomic E-state index is 0.0347. The lowest BCUT2D eigenvalue weighted by atomic mass is 9.92. The van der Waals surface area contributed by atoms with Gasteiger partial charge in [-0.2, -0.15) is 5.10 Å². The second kappa shape index (κ2) is 5.60. The molecule has 0 saturated heterocycles. The van der Waals surface area contributed by atoms with Gasteiger partial charge in [0.2, 0.25) is 5.91 Å². The Labute approximate surface area is 123 Å². The Hall–Kier alpha value is -2.30. The standard InChI is InChI=1S/C16H19N3O2/c1-10(2)13-9-15(19-18-13)17-16(20)12-7-8-21-14-6-4-3-5-11(12)14/h3-6,9-10,12H,7-8H2,1-2H3,(H2,17,18,19,20). The first-order valence-electron chi connectivity index (χ1n) is 7.23. The molecule has 2 N–H and O–H groups in total. The van der Waals surface area contributed by atoms with Gasteiger partial charge in [0.1, 0.15) is 5.75 Å². The van der Waals surface area contributed by atoms with E-state index in [4.69, 9.17) is 4.74 Å². The average Bonchev–Trinajstić information content (AvgIpc) is 2.95. The van der Waals surface area contributed by atoms with Gasteiger partial charge in [-0.15, -0.1) is 0 Å². The van der Waals surface area contributed by atoms with Gasteiger partial charge in [0.25, 0.3) is 0 Å². The van der Waals surface area contributed by atoms with Gasteiger partial charge < -0.3 is 10.1 Å². The van der Waals surface area contributed by atoms with Gasteiger partial charge in [0, 0.05) is 17.3 Å². The molecule has 2 heterocycles. The minimum Gasteiger partial charge on any atom is -0.493 e. The molecule has 21 heavy (non-hydrogen) atoms. The van der Waals surface area contributed by atoms with Crippen LogP contribution in [-0.4, -0.2) is 22.7 Å². The van der Waals surface area contributed by atoms with Crippen molar-refractivity contribution in [2.75, 3.05) is 11.9 Å². The van der Waals surface area contributed by atoms with E-state index < -0.39 is 0 Å². The van der Waals surface area contributed by atoms with Crippen LogP contribution in [0, 0.1) is 0 Å². The lowest BCUT2D eigenvalue weighted by Gasteiger charge is -2.24. The molecule has 0 aliphatic carbocycles. The largest absolute Gasteiger partial charge is 0.493 e. The first-order valence-corrected chi connectivity index (χ1v) is 7.23. The summed E-state index contributed by atoms with van der Waals surface area (Å²) in [5, 5.41) is 9.97. The van der Waals surface area contributed by atoms with Crippen LogP contribution in [-0.2, 0) is 4.79 Å². The third kappa shape index (κ3) is 2.77. The van der Waals surface area contributed by atoms with Crippen LogP contribution < -0.4 is 10.1 Å². The smallest absolute Gasteiger partial charge is 0.233 e. The molecule has 0 radical (unpaired) electrons. The zero-order chi connectivity index (χ0) is 14.8. The third-order valence-electron chi connectivity index (χ3n) is 3.75. The Morgan fingerprint density at radius 3 is 3.00 bits per heavy atom. The van der Waals surface area contributed by atoms with Gasteiger partial charge in [0.05, 0.1) is 12.5 Å². The number of para-hydroxylation sites is 1. The molecular formula is C16H19N3O2. The fourth-order valence-corrected chi connectivity index (χ4v) is 2.52. The minimum atomic E-state index is -0.186. The molecule has 0 saturated carbocycles. The van der Waals surface area contributed by atoms with Crippen LogP contribution in [0.5, 0.6) is 5.75 Å². The van der Waals surface area contributed by atoms with Crippen molar-refractivity contribution in [1.82, 2.24) is 10.2 Å². The lowest BCUT2D eigenvalue weighted by Crippen LogP contribution is -2.26. The summed E-state index contributed by atoms with van der Waals surface area (Å²) >= 11 is 0. The van der Waals surface area contributed by atoms with E-state index in [1.54, 1.807) is 0 Å². The van der Waals surface area contributed by atoms with Crippen molar-refractivity contribution in [3.8, 4) is 5.75 Å². The molecule has 2 aromatic rings. The van der Waals surface area contributed by atoms with E-state index in [0.29, 0.717) is 24.8 Å². The molecule has 1 aromatic heterocycles. The quantitative estimate of drug-likeness (QED) is 0.911. The Bertz CT molecular complexity index is 648. The molecule has 0 spiro atoms. The van der Waals surface area contributed by atoms with Crippen molar-refractivity contribution in [1.29, 1.82) is 0 Å². The lowest BCUT2D eigenvalue weighted by molar-refractivity contribution is -0.118. The number of nitrogens with one attached hydrogen (secondary N) is 2. The third-order valence-corrected chi connectivity index (χ3v) is 3.75. The molecule has 5 nitrogen and oxygen atoms in total. The maximum absolute atomic E-state index is 12.5. The van der Waals surface area contributed by atoms with E-state index in [9.17, 15) is 4.79 Å². The summed E-state index contributed by atoms with van der Waals surface area (Å²) in [5.74, 6) is 1.51. The van der Waals surface area contributed by atoms with Crippen LogP contribution >= 0.6 is 0 Å². The van der Waals surface area contributed by atoms with Crippen LogP contribution in [0.4, 0.5) is 5.82 Å². The highest BCUT2D eigenvalue weighted by Gasteiger charge is 2.27. The van der Waals surface area contributed by atoms with Gasteiger partial charge in [-0.05, 0) is 18.4 Å². The summed E-state index contributed by atoms with van der Waals surface area (Å²) in [7, 11) is 0. The summed E-state index contributed by atoms with van der Waals surface area (Å²) in [5.41, 5.74) is 1.96. The van der Waals surface area contributed by atoms with Crippen LogP contribution in [0.25, 0.3) is 0 Å². The number of benzene rings is 1. The monoisotopic (exact) mass is 285 g/mol. The summed E-state index contributed by atoms with van der Waals surface area (Å²) in [6, 6.07) is 9.58. The maximum Gasteiger partial charge on any atom is 0.233 e. The number of fused-ring (bicyclic) bond motifs is 1. The van der Waals surface area contributed by atoms with E-state index >= 15 is 0 Å². The topological polar surface area (TPSA) is 67.0 Å². The van der Waals surface area contributed by atoms with E-state index in [1.165, 1.54) is 0 Å². The number of aromatic amines is 1. The Kier molecular flexibility index (Phi) is 3.64. The molecule has 1 aromatic carbocycles. The fraction of sp³-hybridized carbons (Fsp3) is 0.375. The number of anilines is 1. The van der Waals surface area contributed by atoms with Crippen LogP contribution in [0.2, 0.25) is 0 Å².